The molecular formula is C10H20ClNO2. The average Bonchev–Trinajstić information content (AvgIpc) is 2.13. The summed E-state index contributed by atoms with van der Waals surface area (Å²) >= 11 is 5.64. The van der Waals surface area contributed by atoms with E-state index in [9.17, 15) is 9.90 Å². The van der Waals surface area contributed by atoms with Gasteiger partial charge in [0.15, 0.2) is 0 Å². The molecule has 0 radical (unpaired) electrons. The molecule has 0 bridgehead atoms. The van der Waals surface area contributed by atoms with Crippen LogP contribution in [-0.2, 0) is 4.79 Å². The van der Waals surface area contributed by atoms with Crippen LogP contribution in [-0.4, -0.2) is 29.5 Å². The number of carbonyl (C=O) groups is 1. The van der Waals surface area contributed by atoms with E-state index in [1.54, 1.807) is 13.8 Å². The fourth-order valence-electron chi connectivity index (χ4n) is 0.733. The molecule has 0 rings (SSSR count). The number of aliphatic hydroxyl groups excluding tert-OH is 1. The number of carbonyl (C=O) groups excluding carboxylic acids is 1. The molecule has 14 heavy (non-hydrogen) atoms. The number of alkyl halides is 1. The SMILES string of the molecule is CC(C)C(O)CNC(=O)C(C)(C)CCl. The van der Waals surface area contributed by atoms with Crippen molar-refractivity contribution in [2.45, 2.75) is 33.8 Å². The minimum Gasteiger partial charge on any atom is -0.391 e. The van der Waals surface area contributed by atoms with E-state index in [1.165, 1.54) is 0 Å². The molecule has 84 valence electrons. The molecule has 2 N–H and O–H groups in total. The third-order valence-corrected chi connectivity index (χ3v) is 2.86. The summed E-state index contributed by atoms with van der Waals surface area (Å²) in [5, 5.41) is 12.1. The van der Waals surface area contributed by atoms with Gasteiger partial charge < -0.3 is 10.4 Å². The van der Waals surface area contributed by atoms with E-state index in [0.717, 1.165) is 0 Å². The molecule has 0 fully saturated rings. The Morgan fingerprint density at radius 2 is 2.00 bits per heavy atom. The molecule has 1 amide bonds. The predicted molar refractivity (Wildman–Crippen MR) is 58.4 cm³/mol. The normalized spacial score (nSPS) is 14.2. The molecular weight excluding hydrogens is 202 g/mol. The maximum Gasteiger partial charge on any atom is 0.226 e. The molecule has 0 aliphatic carbocycles. The summed E-state index contributed by atoms with van der Waals surface area (Å²) in [6.07, 6.45) is -0.495. The first-order valence-corrected chi connectivity index (χ1v) is 5.37. The average molecular weight is 222 g/mol. The van der Waals surface area contributed by atoms with Gasteiger partial charge in [-0.3, -0.25) is 4.79 Å². The van der Waals surface area contributed by atoms with Gasteiger partial charge in [-0.15, -0.1) is 11.6 Å². The van der Waals surface area contributed by atoms with Crippen LogP contribution in [0.5, 0.6) is 0 Å². The summed E-state index contributed by atoms with van der Waals surface area (Å²) in [7, 11) is 0. The Kier molecular flexibility index (Phi) is 5.45. The van der Waals surface area contributed by atoms with Gasteiger partial charge in [-0.1, -0.05) is 13.8 Å². The van der Waals surface area contributed by atoms with Crippen LogP contribution in [0.25, 0.3) is 0 Å². The zero-order valence-corrected chi connectivity index (χ0v) is 10.1. The molecule has 1 atom stereocenters. The Labute approximate surface area is 90.8 Å². The maximum atomic E-state index is 11.5. The van der Waals surface area contributed by atoms with E-state index in [4.69, 9.17) is 11.6 Å². The molecule has 0 aliphatic heterocycles. The number of rotatable bonds is 5. The highest BCUT2D eigenvalue weighted by Crippen LogP contribution is 2.16. The number of nitrogens with one attached hydrogen (secondary N) is 1. The van der Waals surface area contributed by atoms with Crippen LogP contribution in [0, 0.1) is 11.3 Å². The van der Waals surface area contributed by atoms with Crippen molar-refractivity contribution in [2.24, 2.45) is 11.3 Å². The van der Waals surface area contributed by atoms with Gasteiger partial charge in [0.1, 0.15) is 0 Å². The lowest BCUT2D eigenvalue weighted by Gasteiger charge is -2.22. The van der Waals surface area contributed by atoms with Crippen molar-refractivity contribution < 1.29 is 9.90 Å². The van der Waals surface area contributed by atoms with E-state index in [1.807, 2.05) is 13.8 Å². The number of aliphatic hydroxyl groups is 1. The van der Waals surface area contributed by atoms with Gasteiger partial charge >= 0.3 is 0 Å². The van der Waals surface area contributed by atoms with E-state index in [0.29, 0.717) is 0 Å². The highest BCUT2D eigenvalue weighted by molar-refractivity contribution is 6.19. The van der Waals surface area contributed by atoms with Crippen LogP contribution in [0.15, 0.2) is 0 Å². The lowest BCUT2D eigenvalue weighted by Crippen LogP contribution is -2.42. The van der Waals surface area contributed by atoms with E-state index >= 15 is 0 Å². The molecule has 0 saturated heterocycles. The first-order valence-electron chi connectivity index (χ1n) is 4.83. The van der Waals surface area contributed by atoms with Crippen LogP contribution in [0.2, 0.25) is 0 Å². The van der Waals surface area contributed by atoms with Gasteiger partial charge in [0.25, 0.3) is 0 Å². The molecule has 0 aromatic carbocycles. The summed E-state index contributed by atoms with van der Waals surface area (Å²) in [4.78, 5) is 11.5. The molecule has 3 nitrogen and oxygen atoms in total. The van der Waals surface area contributed by atoms with Gasteiger partial charge in [-0.2, -0.15) is 0 Å². The number of hydrogen-bond donors (Lipinski definition) is 2. The van der Waals surface area contributed by atoms with Gasteiger partial charge in [-0.25, -0.2) is 0 Å². The molecule has 0 saturated carbocycles. The maximum absolute atomic E-state index is 11.5. The minimum absolute atomic E-state index is 0.118. The lowest BCUT2D eigenvalue weighted by molar-refractivity contribution is -0.128. The third-order valence-electron chi connectivity index (χ3n) is 2.19. The summed E-state index contributed by atoms with van der Waals surface area (Å²) in [5.41, 5.74) is -0.571. The predicted octanol–water partition coefficient (Wildman–Crippen LogP) is 1.38. The van der Waals surface area contributed by atoms with Crippen molar-refractivity contribution in [1.29, 1.82) is 0 Å². The Morgan fingerprint density at radius 3 is 2.36 bits per heavy atom. The number of amides is 1. The second-order valence-corrected chi connectivity index (χ2v) is 4.81. The molecule has 0 spiro atoms. The van der Waals surface area contributed by atoms with Crippen molar-refractivity contribution in [3.8, 4) is 0 Å². The van der Waals surface area contributed by atoms with Crippen LogP contribution in [0.1, 0.15) is 27.7 Å². The van der Waals surface area contributed by atoms with E-state index < -0.39 is 11.5 Å². The topological polar surface area (TPSA) is 49.3 Å². The smallest absolute Gasteiger partial charge is 0.226 e. The first-order chi connectivity index (χ1) is 6.31. The Morgan fingerprint density at radius 1 is 1.50 bits per heavy atom. The molecule has 0 aliphatic rings. The highest BCUT2D eigenvalue weighted by atomic mass is 35.5. The standard InChI is InChI=1S/C10H20ClNO2/c1-7(2)8(13)5-12-9(14)10(3,4)6-11/h7-8,13H,5-6H2,1-4H3,(H,12,14). The van der Waals surface area contributed by atoms with E-state index in [2.05, 4.69) is 5.32 Å². The monoisotopic (exact) mass is 221 g/mol. The second kappa shape index (κ2) is 5.56. The molecule has 1 unspecified atom stereocenters. The summed E-state index contributed by atoms with van der Waals surface area (Å²) < 4.78 is 0. The Bertz CT molecular complexity index is 193. The van der Waals surface area contributed by atoms with Crippen molar-refractivity contribution in [2.75, 3.05) is 12.4 Å². The number of hydrogen-bond acceptors (Lipinski definition) is 2. The number of halogens is 1. The summed E-state index contributed by atoms with van der Waals surface area (Å²) in [6, 6.07) is 0. The van der Waals surface area contributed by atoms with Crippen LogP contribution in [0.4, 0.5) is 0 Å². The fraction of sp³-hybridized carbons (Fsp3) is 0.900. The molecule has 0 heterocycles. The van der Waals surface area contributed by atoms with Crippen molar-refractivity contribution in [1.82, 2.24) is 5.32 Å². The van der Waals surface area contributed by atoms with Crippen LogP contribution >= 0.6 is 11.6 Å². The second-order valence-electron chi connectivity index (χ2n) is 4.54. The van der Waals surface area contributed by atoms with Crippen LogP contribution in [0.3, 0.4) is 0 Å². The van der Waals surface area contributed by atoms with Crippen molar-refractivity contribution >= 4 is 17.5 Å². The highest BCUT2D eigenvalue weighted by Gasteiger charge is 2.26. The molecule has 0 aromatic rings. The Hall–Kier alpha value is -0.280. The molecule has 0 aromatic heterocycles. The van der Waals surface area contributed by atoms with Gasteiger partial charge in [0.2, 0.25) is 5.91 Å². The van der Waals surface area contributed by atoms with Gasteiger partial charge in [-0.05, 0) is 19.8 Å². The first kappa shape index (κ1) is 13.7. The van der Waals surface area contributed by atoms with E-state index in [-0.39, 0.29) is 24.2 Å². The zero-order chi connectivity index (χ0) is 11.4. The summed E-state index contributed by atoms with van der Waals surface area (Å²) in [5.74, 6) is 0.304. The molecule has 4 heteroatoms. The lowest BCUT2D eigenvalue weighted by atomic mass is 9.95. The van der Waals surface area contributed by atoms with Gasteiger partial charge in [0, 0.05) is 12.4 Å². The largest absolute Gasteiger partial charge is 0.391 e. The third kappa shape index (κ3) is 4.29. The Balaban J connectivity index is 3.97. The van der Waals surface area contributed by atoms with Gasteiger partial charge in [0.05, 0.1) is 11.5 Å². The van der Waals surface area contributed by atoms with Crippen molar-refractivity contribution in [3.05, 3.63) is 0 Å². The van der Waals surface area contributed by atoms with Crippen molar-refractivity contribution in [3.63, 3.8) is 0 Å². The fourth-order valence-corrected chi connectivity index (χ4v) is 0.854. The van der Waals surface area contributed by atoms with Crippen LogP contribution < -0.4 is 5.32 Å². The summed E-state index contributed by atoms with van der Waals surface area (Å²) in [6.45, 7) is 7.65. The quantitative estimate of drug-likeness (QED) is 0.690. The minimum atomic E-state index is -0.571. The zero-order valence-electron chi connectivity index (χ0n) is 9.30.